The van der Waals surface area contributed by atoms with E-state index in [-0.39, 0.29) is 15.7 Å². The molecule has 2 aromatic carbocycles. The number of halogens is 9. The predicted molar refractivity (Wildman–Crippen MR) is 107 cm³/mol. The van der Waals surface area contributed by atoms with Crippen molar-refractivity contribution in [2.45, 2.75) is 54.6 Å². The average Bonchev–Trinajstić information content (AvgIpc) is 3.17. The minimum Gasteiger partial charge on any atom is -0.200 e. The fraction of sp³-hybridized carbons (Fsp3) is 0.381. The van der Waals surface area contributed by atoms with E-state index in [1.807, 2.05) is 0 Å². The second-order valence-corrected chi connectivity index (χ2v) is 9.71. The lowest BCUT2D eigenvalue weighted by molar-refractivity contribution is -0.397. The van der Waals surface area contributed by atoms with E-state index in [0.29, 0.717) is 5.56 Å². The van der Waals surface area contributed by atoms with Gasteiger partial charge in [0.1, 0.15) is 0 Å². The van der Waals surface area contributed by atoms with Crippen LogP contribution in [-0.4, -0.2) is 48.5 Å². The first-order valence-corrected chi connectivity index (χ1v) is 11.3. The first-order valence-electron chi connectivity index (χ1n) is 9.86. The molecule has 1 unspecified atom stereocenters. The first kappa shape index (κ1) is 26.8. The lowest BCUT2D eigenvalue weighted by Gasteiger charge is -2.35. The highest BCUT2D eigenvalue weighted by Crippen LogP contribution is 2.55. The zero-order valence-corrected chi connectivity index (χ0v) is 18.5. The molecule has 1 aliphatic rings. The molecule has 0 radical (unpaired) electrons. The molecule has 0 saturated heterocycles. The zero-order valence-electron chi connectivity index (χ0n) is 17.7. The van der Waals surface area contributed by atoms with Gasteiger partial charge in [0.2, 0.25) is 0 Å². The summed E-state index contributed by atoms with van der Waals surface area (Å²) in [5, 5.41) is 3.76. The Morgan fingerprint density at radius 1 is 0.857 bits per heavy atom. The lowest BCUT2D eigenvalue weighted by Crippen LogP contribution is -2.61. The van der Waals surface area contributed by atoms with E-state index in [1.54, 1.807) is 13.0 Å². The fourth-order valence-electron chi connectivity index (χ4n) is 3.40. The maximum atomic E-state index is 14.4. The van der Waals surface area contributed by atoms with E-state index in [9.17, 15) is 47.9 Å². The Kier molecular flexibility index (Phi) is 6.68. The lowest BCUT2D eigenvalue weighted by atomic mass is 9.94. The molecule has 2 aromatic rings. The van der Waals surface area contributed by atoms with Crippen molar-refractivity contribution in [3.63, 3.8) is 0 Å². The number of nitrogens with zero attached hydrogens (tertiary/aromatic N) is 2. The average molecular weight is 532 g/mol. The molecule has 0 N–H and O–H groups in total. The SMILES string of the molecule is Cc1ccc(S(=O)(=O)N2N=C(c3ccccc3)CC2CC(F)(F)C(F)(F)C(F)(F)C(F)(F)F)cc1. The van der Waals surface area contributed by atoms with Gasteiger partial charge in [0, 0.05) is 12.8 Å². The maximum Gasteiger partial charge on any atom is 0.460 e. The summed E-state index contributed by atoms with van der Waals surface area (Å²) in [7, 11) is -4.77. The topological polar surface area (TPSA) is 49.7 Å². The van der Waals surface area contributed by atoms with Gasteiger partial charge < -0.3 is 0 Å². The number of hydrogen-bond donors (Lipinski definition) is 0. The Morgan fingerprint density at radius 2 is 1.40 bits per heavy atom. The highest BCUT2D eigenvalue weighted by molar-refractivity contribution is 7.89. The van der Waals surface area contributed by atoms with Gasteiger partial charge in [-0.2, -0.15) is 57.4 Å². The molecule has 1 heterocycles. The Labute approximate surface area is 194 Å². The van der Waals surface area contributed by atoms with E-state index < -0.39 is 57.7 Å². The van der Waals surface area contributed by atoms with E-state index >= 15 is 0 Å². The summed E-state index contributed by atoms with van der Waals surface area (Å²) in [5.74, 6) is -19.9. The van der Waals surface area contributed by atoms with Crippen molar-refractivity contribution in [1.82, 2.24) is 4.41 Å². The third-order valence-electron chi connectivity index (χ3n) is 5.33. The molecular formula is C21H17F9N2O2S. The monoisotopic (exact) mass is 532 g/mol. The van der Waals surface area contributed by atoms with Crippen LogP contribution in [-0.2, 0) is 10.0 Å². The summed E-state index contributed by atoms with van der Waals surface area (Å²) >= 11 is 0. The molecule has 14 heteroatoms. The fourth-order valence-corrected chi connectivity index (χ4v) is 4.84. The van der Waals surface area contributed by atoms with Crippen LogP contribution in [0.2, 0.25) is 0 Å². The number of hydrazone groups is 1. The van der Waals surface area contributed by atoms with Crippen LogP contribution >= 0.6 is 0 Å². The molecule has 192 valence electrons. The number of benzene rings is 2. The van der Waals surface area contributed by atoms with Crippen molar-refractivity contribution >= 4 is 15.7 Å². The summed E-state index contributed by atoms with van der Waals surface area (Å²) in [4.78, 5) is -0.471. The van der Waals surface area contributed by atoms with Crippen molar-refractivity contribution in [3.05, 3.63) is 65.7 Å². The zero-order chi connectivity index (χ0) is 26.4. The molecule has 35 heavy (non-hydrogen) atoms. The standard InChI is InChI=1S/C21H17F9N2O2S/c1-13-7-9-16(10-8-13)35(33,34)32-15(11-17(31-32)14-5-3-2-4-6-14)12-18(22,23)19(24,25)20(26,27)21(28,29)30/h2-10,15H,11-12H2,1H3. The van der Waals surface area contributed by atoms with Gasteiger partial charge in [-0.25, -0.2) is 0 Å². The van der Waals surface area contributed by atoms with Gasteiger partial charge in [-0.05, 0) is 24.6 Å². The van der Waals surface area contributed by atoms with Gasteiger partial charge in [0.25, 0.3) is 10.0 Å². The highest BCUT2D eigenvalue weighted by atomic mass is 32.2. The van der Waals surface area contributed by atoms with Crippen molar-refractivity contribution in [2.24, 2.45) is 5.10 Å². The van der Waals surface area contributed by atoms with Crippen molar-refractivity contribution in [1.29, 1.82) is 0 Å². The Balaban J connectivity index is 2.04. The predicted octanol–water partition coefficient (Wildman–Crippen LogP) is 6.02. The van der Waals surface area contributed by atoms with Gasteiger partial charge in [0.05, 0.1) is 16.6 Å². The van der Waals surface area contributed by atoms with Gasteiger partial charge in [0.15, 0.2) is 0 Å². The summed E-state index contributed by atoms with van der Waals surface area (Å²) < 4.78 is 147. The largest absolute Gasteiger partial charge is 0.460 e. The molecule has 0 aromatic heterocycles. The Morgan fingerprint density at radius 3 is 1.91 bits per heavy atom. The number of sulfonamides is 1. The van der Waals surface area contributed by atoms with E-state index in [0.717, 1.165) is 12.1 Å². The van der Waals surface area contributed by atoms with Crippen molar-refractivity contribution < 1.29 is 47.9 Å². The van der Waals surface area contributed by atoms with Crippen LogP contribution in [0.1, 0.15) is 24.0 Å². The highest BCUT2D eigenvalue weighted by Gasteiger charge is 2.81. The molecule has 0 amide bonds. The number of alkyl halides is 9. The summed E-state index contributed by atoms with van der Waals surface area (Å²) in [6.45, 7) is 1.62. The normalized spacial score (nSPS) is 18.1. The van der Waals surface area contributed by atoms with Gasteiger partial charge in [-0.15, -0.1) is 0 Å². The van der Waals surface area contributed by atoms with Crippen LogP contribution in [0.25, 0.3) is 0 Å². The minimum atomic E-state index is -7.08. The van der Waals surface area contributed by atoms with Gasteiger partial charge in [-0.3, -0.25) is 0 Å². The number of hydrogen-bond acceptors (Lipinski definition) is 3. The molecule has 0 fully saturated rings. The molecule has 3 rings (SSSR count). The van der Waals surface area contributed by atoms with Crippen LogP contribution in [0.5, 0.6) is 0 Å². The van der Waals surface area contributed by atoms with Crippen LogP contribution < -0.4 is 0 Å². The summed E-state index contributed by atoms with van der Waals surface area (Å²) in [6.07, 6.45) is -10.1. The van der Waals surface area contributed by atoms with Gasteiger partial charge >= 0.3 is 23.9 Å². The first-order chi connectivity index (χ1) is 15.9. The second-order valence-electron chi connectivity index (χ2n) is 7.92. The molecule has 0 aliphatic carbocycles. The van der Waals surface area contributed by atoms with Crippen molar-refractivity contribution in [3.8, 4) is 0 Å². The molecule has 0 spiro atoms. The van der Waals surface area contributed by atoms with Crippen LogP contribution in [0.3, 0.4) is 0 Å². The molecule has 0 bridgehead atoms. The molecule has 1 aliphatic heterocycles. The Hall–Kier alpha value is -2.77. The van der Waals surface area contributed by atoms with Crippen LogP contribution in [0, 0.1) is 6.92 Å². The van der Waals surface area contributed by atoms with Gasteiger partial charge in [-0.1, -0.05) is 48.0 Å². The minimum absolute atomic E-state index is 0.0652. The molecular weight excluding hydrogens is 515 g/mol. The molecule has 1 atom stereocenters. The molecule has 0 saturated carbocycles. The smallest absolute Gasteiger partial charge is 0.200 e. The summed E-state index contributed by atoms with van der Waals surface area (Å²) in [6, 6.07) is 10.0. The van der Waals surface area contributed by atoms with E-state index in [1.165, 1.54) is 36.4 Å². The van der Waals surface area contributed by atoms with Crippen LogP contribution in [0.15, 0.2) is 64.6 Å². The summed E-state index contributed by atoms with van der Waals surface area (Å²) in [5.41, 5.74) is 0.679. The quantitative estimate of drug-likeness (QED) is 0.410. The van der Waals surface area contributed by atoms with E-state index in [4.69, 9.17) is 0 Å². The van der Waals surface area contributed by atoms with E-state index in [2.05, 4.69) is 5.10 Å². The van der Waals surface area contributed by atoms with Crippen molar-refractivity contribution in [2.75, 3.05) is 0 Å². The number of rotatable bonds is 7. The number of aryl methyl sites for hydroxylation is 1. The third-order valence-corrected chi connectivity index (χ3v) is 7.07. The third kappa shape index (κ3) is 4.71. The maximum absolute atomic E-state index is 14.4. The van der Waals surface area contributed by atoms with Crippen LogP contribution in [0.4, 0.5) is 39.5 Å². The molecule has 4 nitrogen and oxygen atoms in total. The Bertz CT molecular complexity index is 1200. The second kappa shape index (κ2) is 8.71.